The molecule has 1 amide bonds. The molecule has 0 saturated carbocycles. The lowest BCUT2D eigenvalue weighted by molar-refractivity contribution is 0.102. The molecule has 1 aromatic carbocycles. The maximum atomic E-state index is 12.1. The number of carbonyl (C=O) groups excluding carboxylic acids is 1. The second-order valence-electron chi connectivity index (χ2n) is 5.10. The van der Waals surface area contributed by atoms with Crippen molar-refractivity contribution in [2.45, 2.75) is 6.54 Å². The highest BCUT2D eigenvalue weighted by Crippen LogP contribution is 2.14. The number of carbonyl (C=O) groups is 1. The monoisotopic (exact) mass is 382 g/mol. The Balaban J connectivity index is 1.58. The number of nitrogens with zero attached hydrogens (tertiary/aromatic N) is 2. The average molecular weight is 383 g/mol. The zero-order valence-corrected chi connectivity index (χ0v) is 14.3. The number of benzene rings is 1. The lowest BCUT2D eigenvalue weighted by atomic mass is 10.2. The summed E-state index contributed by atoms with van der Waals surface area (Å²) in [7, 11) is 0. The maximum absolute atomic E-state index is 12.1. The van der Waals surface area contributed by atoms with Gasteiger partial charge in [0, 0.05) is 29.0 Å². The topological polar surface area (TPSA) is 66.9 Å². The molecule has 120 valence electrons. The Morgan fingerprint density at radius 3 is 2.42 bits per heavy atom. The van der Waals surface area contributed by atoms with E-state index in [9.17, 15) is 4.79 Å². The zero-order chi connectivity index (χ0) is 16.8. The van der Waals surface area contributed by atoms with Gasteiger partial charge in [-0.05, 0) is 54.1 Å². The summed E-state index contributed by atoms with van der Waals surface area (Å²) in [5.74, 6) is 0.324. The third-order valence-corrected chi connectivity index (χ3v) is 3.89. The summed E-state index contributed by atoms with van der Waals surface area (Å²) in [6.07, 6.45) is 5.21. The smallest absolute Gasteiger partial charge is 0.256 e. The molecular formula is C18H15BrN4O. The lowest BCUT2D eigenvalue weighted by Gasteiger charge is -2.08. The molecule has 6 heteroatoms. The lowest BCUT2D eigenvalue weighted by Crippen LogP contribution is -2.12. The van der Waals surface area contributed by atoms with Gasteiger partial charge in [-0.3, -0.25) is 9.78 Å². The molecule has 0 unspecified atom stereocenters. The van der Waals surface area contributed by atoms with Crippen molar-refractivity contribution in [1.29, 1.82) is 0 Å². The molecule has 0 bridgehead atoms. The Hall–Kier alpha value is -2.73. The van der Waals surface area contributed by atoms with Crippen molar-refractivity contribution in [3.63, 3.8) is 0 Å². The van der Waals surface area contributed by atoms with Crippen LogP contribution < -0.4 is 10.6 Å². The van der Waals surface area contributed by atoms with Gasteiger partial charge in [0.25, 0.3) is 5.91 Å². The predicted molar refractivity (Wildman–Crippen MR) is 97.9 cm³/mol. The molecule has 3 rings (SSSR count). The third-order valence-electron chi connectivity index (χ3n) is 3.36. The van der Waals surface area contributed by atoms with Crippen LogP contribution >= 0.6 is 15.9 Å². The highest BCUT2D eigenvalue weighted by molar-refractivity contribution is 9.10. The number of hydrogen-bond donors (Lipinski definition) is 2. The highest BCUT2D eigenvalue weighted by Gasteiger charge is 2.06. The van der Waals surface area contributed by atoms with Crippen molar-refractivity contribution in [1.82, 2.24) is 9.97 Å². The number of rotatable bonds is 5. The minimum atomic E-state index is -0.188. The van der Waals surface area contributed by atoms with E-state index >= 15 is 0 Å². The van der Waals surface area contributed by atoms with Crippen molar-refractivity contribution in [2.75, 3.05) is 10.6 Å². The van der Waals surface area contributed by atoms with Crippen LogP contribution in [0.1, 0.15) is 15.9 Å². The van der Waals surface area contributed by atoms with Crippen LogP contribution in [-0.4, -0.2) is 15.9 Å². The van der Waals surface area contributed by atoms with E-state index in [1.807, 2.05) is 30.3 Å². The molecule has 0 atom stereocenters. The minimum absolute atomic E-state index is 0.188. The van der Waals surface area contributed by atoms with E-state index in [0.717, 1.165) is 15.7 Å². The Labute approximate surface area is 148 Å². The van der Waals surface area contributed by atoms with Crippen molar-refractivity contribution in [3.05, 3.63) is 82.7 Å². The number of hydrogen-bond acceptors (Lipinski definition) is 4. The fourth-order valence-corrected chi connectivity index (χ4v) is 2.33. The van der Waals surface area contributed by atoms with Gasteiger partial charge in [-0.2, -0.15) is 0 Å². The summed E-state index contributed by atoms with van der Waals surface area (Å²) in [4.78, 5) is 20.4. The molecule has 2 heterocycles. The van der Waals surface area contributed by atoms with Crippen LogP contribution in [0, 0.1) is 0 Å². The molecule has 24 heavy (non-hydrogen) atoms. The van der Waals surface area contributed by atoms with Gasteiger partial charge in [-0.15, -0.1) is 0 Å². The minimum Gasteiger partial charge on any atom is -0.380 e. The highest BCUT2D eigenvalue weighted by atomic mass is 79.9. The van der Waals surface area contributed by atoms with Gasteiger partial charge in [0.15, 0.2) is 0 Å². The first kappa shape index (κ1) is 16.1. The summed E-state index contributed by atoms with van der Waals surface area (Å²) in [6, 6.07) is 14.7. The SMILES string of the molecule is O=C(Nc1ccc(NCc2ccncc2)cn1)c1ccc(Br)cc1. The Kier molecular flexibility index (Phi) is 5.18. The van der Waals surface area contributed by atoms with E-state index in [1.54, 1.807) is 36.8 Å². The van der Waals surface area contributed by atoms with E-state index in [-0.39, 0.29) is 5.91 Å². The van der Waals surface area contributed by atoms with Crippen molar-refractivity contribution in [3.8, 4) is 0 Å². The van der Waals surface area contributed by atoms with E-state index in [4.69, 9.17) is 0 Å². The van der Waals surface area contributed by atoms with Gasteiger partial charge < -0.3 is 10.6 Å². The quantitative estimate of drug-likeness (QED) is 0.696. The van der Waals surface area contributed by atoms with Gasteiger partial charge >= 0.3 is 0 Å². The molecule has 5 nitrogen and oxygen atoms in total. The van der Waals surface area contributed by atoms with Crippen LogP contribution in [0.15, 0.2) is 71.6 Å². The molecule has 0 aliphatic carbocycles. The zero-order valence-electron chi connectivity index (χ0n) is 12.7. The van der Waals surface area contributed by atoms with Gasteiger partial charge in [-0.25, -0.2) is 4.98 Å². The molecule has 0 aliphatic rings. The Morgan fingerprint density at radius 1 is 1.00 bits per heavy atom. The van der Waals surface area contributed by atoms with Gasteiger partial charge in [-0.1, -0.05) is 15.9 Å². The van der Waals surface area contributed by atoms with Crippen molar-refractivity contribution < 1.29 is 4.79 Å². The van der Waals surface area contributed by atoms with Gasteiger partial charge in [0.05, 0.1) is 11.9 Å². The first-order chi connectivity index (χ1) is 11.7. The van der Waals surface area contributed by atoms with Crippen LogP contribution in [0.2, 0.25) is 0 Å². The maximum Gasteiger partial charge on any atom is 0.256 e. The van der Waals surface area contributed by atoms with Gasteiger partial charge in [0.2, 0.25) is 0 Å². The molecule has 0 fully saturated rings. The fourth-order valence-electron chi connectivity index (χ4n) is 2.07. The molecular weight excluding hydrogens is 368 g/mol. The number of anilines is 2. The Bertz CT molecular complexity index is 805. The molecule has 0 saturated heterocycles. The molecule has 2 N–H and O–H groups in total. The molecule has 3 aromatic rings. The fraction of sp³-hybridized carbons (Fsp3) is 0.0556. The molecule has 0 radical (unpaired) electrons. The Morgan fingerprint density at radius 2 is 1.75 bits per heavy atom. The number of aromatic nitrogens is 2. The molecule has 2 aromatic heterocycles. The van der Waals surface area contributed by atoms with Crippen molar-refractivity contribution >= 4 is 33.3 Å². The third kappa shape index (κ3) is 4.39. The van der Waals surface area contributed by atoms with E-state index in [2.05, 4.69) is 36.5 Å². The van der Waals surface area contributed by atoms with Crippen LogP contribution in [-0.2, 0) is 6.54 Å². The standard InChI is InChI=1S/C18H15BrN4O/c19-15-3-1-14(2-4-15)18(24)23-17-6-5-16(12-22-17)21-11-13-7-9-20-10-8-13/h1-10,12,21H,11H2,(H,22,23,24). The largest absolute Gasteiger partial charge is 0.380 e. The number of halogens is 1. The van der Waals surface area contributed by atoms with Crippen LogP contribution in [0.4, 0.5) is 11.5 Å². The van der Waals surface area contributed by atoms with Crippen LogP contribution in [0.25, 0.3) is 0 Å². The first-order valence-corrected chi connectivity index (χ1v) is 8.16. The normalized spacial score (nSPS) is 10.2. The van der Waals surface area contributed by atoms with Crippen molar-refractivity contribution in [2.24, 2.45) is 0 Å². The first-order valence-electron chi connectivity index (χ1n) is 7.36. The number of amides is 1. The second kappa shape index (κ2) is 7.70. The summed E-state index contributed by atoms with van der Waals surface area (Å²) in [5.41, 5.74) is 2.60. The molecule has 0 spiro atoms. The summed E-state index contributed by atoms with van der Waals surface area (Å²) in [5, 5.41) is 6.05. The number of pyridine rings is 2. The van der Waals surface area contributed by atoms with Crippen LogP contribution in [0.3, 0.4) is 0 Å². The summed E-state index contributed by atoms with van der Waals surface area (Å²) in [6.45, 7) is 0.689. The second-order valence-corrected chi connectivity index (χ2v) is 6.02. The summed E-state index contributed by atoms with van der Waals surface area (Å²) >= 11 is 3.35. The van der Waals surface area contributed by atoms with Gasteiger partial charge in [0.1, 0.15) is 5.82 Å². The predicted octanol–water partition coefficient (Wildman–Crippen LogP) is 4.10. The van der Waals surface area contributed by atoms with E-state index < -0.39 is 0 Å². The van der Waals surface area contributed by atoms with E-state index in [1.165, 1.54) is 0 Å². The van der Waals surface area contributed by atoms with E-state index in [0.29, 0.717) is 17.9 Å². The van der Waals surface area contributed by atoms with Crippen LogP contribution in [0.5, 0.6) is 0 Å². The molecule has 0 aliphatic heterocycles. The summed E-state index contributed by atoms with van der Waals surface area (Å²) < 4.78 is 0.932. The number of nitrogens with one attached hydrogen (secondary N) is 2. The average Bonchev–Trinajstić information content (AvgIpc) is 2.62.